The highest BCUT2D eigenvalue weighted by atomic mass is 16.5. The molecule has 2 aromatic carbocycles. The molecule has 7 nitrogen and oxygen atoms in total. The van der Waals surface area contributed by atoms with Gasteiger partial charge in [0.25, 0.3) is 5.91 Å². The standard InChI is InChI=1S/C24H27N3O4/c1-15(2)21(24-26-22(27-31-24)17-9-10-17)25-23(28)18-11-12-19(20(13-18)29-3)30-14-16-7-5-4-6-8-16/h4-8,11-13,15,17,21H,9-10,14H2,1-3H3,(H,25,28). The Hall–Kier alpha value is -3.35. The average Bonchev–Trinajstić information content (AvgIpc) is 3.53. The average molecular weight is 421 g/mol. The van der Waals surface area contributed by atoms with Crippen molar-refractivity contribution in [3.8, 4) is 11.5 Å². The van der Waals surface area contributed by atoms with E-state index in [1.165, 1.54) is 0 Å². The molecule has 0 bridgehead atoms. The molecule has 4 rings (SSSR count). The molecule has 1 unspecified atom stereocenters. The van der Waals surface area contributed by atoms with Crippen LogP contribution in [0.2, 0.25) is 0 Å². The van der Waals surface area contributed by atoms with E-state index in [1.54, 1.807) is 25.3 Å². The summed E-state index contributed by atoms with van der Waals surface area (Å²) >= 11 is 0. The van der Waals surface area contributed by atoms with Crippen molar-refractivity contribution in [1.82, 2.24) is 15.5 Å². The number of hydrogen-bond acceptors (Lipinski definition) is 6. The molecule has 3 aromatic rings. The first-order valence-electron chi connectivity index (χ1n) is 10.5. The van der Waals surface area contributed by atoms with Crippen LogP contribution in [-0.4, -0.2) is 23.2 Å². The van der Waals surface area contributed by atoms with Crippen LogP contribution in [0.25, 0.3) is 0 Å². The van der Waals surface area contributed by atoms with Crippen molar-refractivity contribution in [1.29, 1.82) is 0 Å². The quantitative estimate of drug-likeness (QED) is 0.541. The Morgan fingerprint density at radius 3 is 2.61 bits per heavy atom. The van der Waals surface area contributed by atoms with Gasteiger partial charge in [-0.25, -0.2) is 0 Å². The van der Waals surface area contributed by atoms with E-state index in [-0.39, 0.29) is 17.9 Å². The van der Waals surface area contributed by atoms with Gasteiger partial charge < -0.3 is 19.3 Å². The van der Waals surface area contributed by atoms with Crippen LogP contribution in [0.5, 0.6) is 11.5 Å². The van der Waals surface area contributed by atoms with E-state index >= 15 is 0 Å². The molecule has 1 N–H and O–H groups in total. The highest BCUT2D eigenvalue weighted by Crippen LogP contribution is 2.38. The van der Waals surface area contributed by atoms with Crippen LogP contribution in [0, 0.1) is 5.92 Å². The molecule has 1 aromatic heterocycles. The largest absolute Gasteiger partial charge is 0.493 e. The Morgan fingerprint density at radius 2 is 1.94 bits per heavy atom. The van der Waals surface area contributed by atoms with E-state index < -0.39 is 0 Å². The van der Waals surface area contributed by atoms with E-state index in [2.05, 4.69) is 15.5 Å². The number of ether oxygens (including phenoxy) is 2. The van der Waals surface area contributed by atoms with Crippen molar-refractivity contribution < 1.29 is 18.8 Å². The molecule has 162 valence electrons. The van der Waals surface area contributed by atoms with E-state index in [9.17, 15) is 4.79 Å². The highest BCUT2D eigenvalue weighted by Gasteiger charge is 2.31. The molecule has 0 spiro atoms. The number of amides is 1. The number of hydrogen-bond donors (Lipinski definition) is 1. The zero-order chi connectivity index (χ0) is 21.8. The Morgan fingerprint density at radius 1 is 1.16 bits per heavy atom. The summed E-state index contributed by atoms with van der Waals surface area (Å²) in [5, 5.41) is 7.09. The van der Waals surface area contributed by atoms with E-state index in [1.807, 2.05) is 44.2 Å². The number of benzene rings is 2. The number of methoxy groups -OCH3 is 1. The monoisotopic (exact) mass is 421 g/mol. The predicted octanol–water partition coefficient (Wildman–Crippen LogP) is 4.66. The molecule has 1 atom stereocenters. The van der Waals surface area contributed by atoms with Gasteiger partial charge >= 0.3 is 0 Å². The minimum Gasteiger partial charge on any atom is -0.493 e. The smallest absolute Gasteiger partial charge is 0.252 e. The SMILES string of the molecule is COc1cc(C(=O)NC(c2nc(C3CC3)no2)C(C)C)ccc1OCc1ccccc1. The van der Waals surface area contributed by atoms with Gasteiger partial charge in [0.15, 0.2) is 17.3 Å². The first-order chi connectivity index (χ1) is 15.0. The zero-order valence-electron chi connectivity index (χ0n) is 18.0. The molecule has 1 fully saturated rings. The molecule has 1 amide bonds. The Kier molecular flexibility index (Phi) is 6.21. The maximum Gasteiger partial charge on any atom is 0.252 e. The summed E-state index contributed by atoms with van der Waals surface area (Å²) in [6.07, 6.45) is 2.19. The maximum absolute atomic E-state index is 12.9. The van der Waals surface area contributed by atoms with Gasteiger partial charge in [0.05, 0.1) is 7.11 Å². The molecular weight excluding hydrogens is 394 g/mol. The molecule has 31 heavy (non-hydrogen) atoms. The molecule has 1 aliphatic carbocycles. The number of carbonyl (C=O) groups excluding carboxylic acids is 1. The van der Waals surface area contributed by atoms with E-state index in [4.69, 9.17) is 14.0 Å². The topological polar surface area (TPSA) is 86.5 Å². The van der Waals surface area contributed by atoms with Gasteiger partial charge in [-0.1, -0.05) is 49.3 Å². The van der Waals surface area contributed by atoms with Crippen LogP contribution >= 0.6 is 0 Å². The Balaban J connectivity index is 1.46. The van der Waals surface area contributed by atoms with Gasteiger partial charge in [-0.2, -0.15) is 4.98 Å². The van der Waals surface area contributed by atoms with Crippen LogP contribution in [0.1, 0.15) is 66.3 Å². The number of rotatable bonds is 9. The van der Waals surface area contributed by atoms with Crippen molar-refractivity contribution in [3.63, 3.8) is 0 Å². The Labute approximate surface area is 181 Å². The summed E-state index contributed by atoms with van der Waals surface area (Å²) in [5.41, 5.74) is 1.52. The van der Waals surface area contributed by atoms with Gasteiger partial charge in [-0.05, 0) is 42.5 Å². The summed E-state index contributed by atoms with van der Waals surface area (Å²) in [4.78, 5) is 17.5. The van der Waals surface area contributed by atoms with Crippen molar-refractivity contribution in [2.75, 3.05) is 7.11 Å². The lowest BCUT2D eigenvalue weighted by molar-refractivity contribution is 0.0913. The minimum atomic E-state index is -0.368. The van der Waals surface area contributed by atoms with Crippen LogP contribution in [-0.2, 0) is 6.61 Å². The summed E-state index contributed by atoms with van der Waals surface area (Å²) in [7, 11) is 1.56. The number of nitrogens with zero attached hydrogens (tertiary/aromatic N) is 2. The van der Waals surface area contributed by atoms with Crippen LogP contribution in [0.4, 0.5) is 0 Å². The number of nitrogens with one attached hydrogen (secondary N) is 1. The lowest BCUT2D eigenvalue weighted by Gasteiger charge is -2.19. The zero-order valence-corrected chi connectivity index (χ0v) is 18.0. The van der Waals surface area contributed by atoms with Gasteiger partial charge in [0.2, 0.25) is 5.89 Å². The lowest BCUT2D eigenvalue weighted by atomic mass is 10.0. The van der Waals surface area contributed by atoms with Crippen LogP contribution in [0.3, 0.4) is 0 Å². The van der Waals surface area contributed by atoms with Crippen molar-refractivity contribution in [3.05, 3.63) is 71.4 Å². The first kappa shape index (κ1) is 20.9. The van der Waals surface area contributed by atoms with Crippen molar-refractivity contribution in [2.24, 2.45) is 5.92 Å². The van der Waals surface area contributed by atoms with Crippen molar-refractivity contribution in [2.45, 2.75) is 45.3 Å². The van der Waals surface area contributed by atoms with E-state index in [0.29, 0.717) is 35.5 Å². The molecule has 0 saturated heterocycles. The molecule has 1 saturated carbocycles. The fraction of sp³-hybridized carbons (Fsp3) is 0.375. The third kappa shape index (κ3) is 5.05. The molecule has 1 aliphatic rings. The summed E-state index contributed by atoms with van der Waals surface area (Å²) < 4.78 is 16.8. The van der Waals surface area contributed by atoms with Gasteiger partial charge in [-0.15, -0.1) is 0 Å². The highest BCUT2D eigenvalue weighted by molar-refractivity contribution is 5.95. The normalized spacial score (nSPS) is 14.3. The summed E-state index contributed by atoms with van der Waals surface area (Å²) in [6, 6.07) is 14.7. The minimum absolute atomic E-state index is 0.0897. The molecule has 7 heteroatoms. The third-order valence-electron chi connectivity index (χ3n) is 5.28. The molecule has 1 heterocycles. The van der Waals surface area contributed by atoms with Crippen LogP contribution < -0.4 is 14.8 Å². The van der Waals surface area contributed by atoms with Gasteiger partial charge in [-0.3, -0.25) is 4.79 Å². The fourth-order valence-electron chi connectivity index (χ4n) is 3.28. The first-order valence-corrected chi connectivity index (χ1v) is 10.5. The summed E-state index contributed by atoms with van der Waals surface area (Å²) in [6.45, 7) is 4.43. The number of carbonyl (C=O) groups is 1. The second-order valence-electron chi connectivity index (χ2n) is 8.10. The summed E-state index contributed by atoms with van der Waals surface area (Å²) in [5.74, 6) is 2.50. The molecule has 0 aliphatic heterocycles. The van der Waals surface area contributed by atoms with Crippen LogP contribution in [0.15, 0.2) is 53.1 Å². The fourth-order valence-corrected chi connectivity index (χ4v) is 3.28. The Bertz CT molecular complexity index is 1030. The number of aromatic nitrogens is 2. The van der Waals surface area contributed by atoms with Gasteiger partial charge in [0, 0.05) is 11.5 Å². The predicted molar refractivity (Wildman–Crippen MR) is 115 cm³/mol. The second kappa shape index (κ2) is 9.20. The van der Waals surface area contributed by atoms with Crippen molar-refractivity contribution >= 4 is 5.91 Å². The van der Waals surface area contributed by atoms with E-state index in [0.717, 1.165) is 24.2 Å². The third-order valence-corrected chi connectivity index (χ3v) is 5.28. The molecule has 0 radical (unpaired) electrons. The maximum atomic E-state index is 12.9. The van der Waals surface area contributed by atoms with Gasteiger partial charge in [0.1, 0.15) is 12.6 Å². The lowest BCUT2D eigenvalue weighted by Crippen LogP contribution is -2.32. The second-order valence-corrected chi connectivity index (χ2v) is 8.10. The molecular formula is C24H27N3O4.